The second-order valence-corrected chi connectivity index (χ2v) is 4.85. The molecule has 0 aliphatic heterocycles. The molecule has 0 saturated carbocycles. The number of nitrogens with two attached hydrogens (primary N) is 1. The van der Waals surface area contributed by atoms with E-state index in [0.717, 1.165) is 16.7 Å². The summed E-state index contributed by atoms with van der Waals surface area (Å²) in [6, 6.07) is 12.0. The Balaban J connectivity index is 1.88. The van der Waals surface area contributed by atoms with Crippen LogP contribution in [-0.2, 0) is 6.42 Å². The van der Waals surface area contributed by atoms with Crippen molar-refractivity contribution >= 4 is 5.69 Å². The van der Waals surface area contributed by atoms with Crippen LogP contribution in [0.5, 0.6) is 0 Å². The Morgan fingerprint density at radius 3 is 2.76 bits per heavy atom. The maximum Gasteiger partial charge on any atom is 0.231 e. The van der Waals surface area contributed by atoms with Crippen molar-refractivity contribution < 1.29 is 8.91 Å². The smallest absolute Gasteiger partial charge is 0.231 e. The van der Waals surface area contributed by atoms with E-state index in [1.807, 2.05) is 31.2 Å². The van der Waals surface area contributed by atoms with Gasteiger partial charge in [0, 0.05) is 11.3 Å². The van der Waals surface area contributed by atoms with Crippen LogP contribution in [0.3, 0.4) is 0 Å². The molecule has 0 bridgehead atoms. The lowest BCUT2D eigenvalue weighted by Crippen LogP contribution is -1.95. The van der Waals surface area contributed by atoms with Gasteiger partial charge in [-0.1, -0.05) is 23.4 Å². The molecule has 5 heteroatoms. The van der Waals surface area contributed by atoms with Crippen molar-refractivity contribution in [3.8, 4) is 11.4 Å². The van der Waals surface area contributed by atoms with E-state index in [0.29, 0.717) is 23.8 Å². The second-order valence-electron chi connectivity index (χ2n) is 4.85. The van der Waals surface area contributed by atoms with Crippen molar-refractivity contribution in [2.24, 2.45) is 0 Å². The minimum atomic E-state index is -0.281. The zero-order valence-corrected chi connectivity index (χ0v) is 11.5. The maximum absolute atomic E-state index is 13.1. The molecule has 0 radical (unpaired) electrons. The highest BCUT2D eigenvalue weighted by Gasteiger charge is 2.12. The van der Waals surface area contributed by atoms with Crippen LogP contribution in [0, 0.1) is 12.7 Å². The number of halogens is 1. The summed E-state index contributed by atoms with van der Waals surface area (Å²) >= 11 is 0. The average molecular weight is 283 g/mol. The van der Waals surface area contributed by atoms with E-state index in [2.05, 4.69) is 10.1 Å². The van der Waals surface area contributed by atoms with Crippen LogP contribution in [-0.4, -0.2) is 10.1 Å². The minimum absolute atomic E-state index is 0.281. The molecule has 0 fully saturated rings. The fourth-order valence-corrected chi connectivity index (χ4v) is 2.17. The predicted octanol–water partition coefficient (Wildman–Crippen LogP) is 3.36. The number of aromatic nitrogens is 2. The van der Waals surface area contributed by atoms with Crippen molar-refractivity contribution in [2.75, 3.05) is 5.73 Å². The van der Waals surface area contributed by atoms with E-state index < -0.39 is 0 Å². The second kappa shape index (κ2) is 5.36. The lowest BCUT2D eigenvalue weighted by molar-refractivity contribution is 0.386. The number of nitrogens with zero attached hydrogens (tertiary/aromatic N) is 2. The minimum Gasteiger partial charge on any atom is -0.398 e. The molecular weight excluding hydrogens is 269 g/mol. The standard InChI is InChI=1S/C16H14FN3O/c1-10-8-12(17)6-7-13(10)16-19-15(21-20-16)9-11-4-2-3-5-14(11)18/h2-8H,9,18H2,1H3. The van der Waals surface area contributed by atoms with Gasteiger partial charge in [0.05, 0.1) is 6.42 Å². The van der Waals surface area contributed by atoms with Crippen LogP contribution < -0.4 is 5.73 Å². The highest BCUT2D eigenvalue weighted by molar-refractivity contribution is 5.59. The van der Waals surface area contributed by atoms with Crippen LogP contribution >= 0.6 is 0 Å². The molecule has 3 aromatic rings. The first-order valence-electron chi connectivity index (χ1n) is 6.56. The molecule has 3 rings (SSSR count). The van der Waals surface area contributed by atoms with Crippen LogP contribution in [0.2, 0.25) is 0 Å². The highest BCUT2D eigenvalue weighted by atomic mass is 19.1. The number of hydrogen-bond acceptors (Lipinski definition) is 4. The number of nitrogen functional groups attached to an aromatic ring is 1. The van der Waals surface area contributed by atoms with Crippen LogP contribution in [0.1, 0.15) is 17.0 Å². The largest absolute Gasteiger partial charge is 0.398 e. The zero-order valence-electron chi connectivity index (χ0n) is 11.5. The molecule has 0 unspecified atom stereocenters. The van der Waals surface area contributed by atoms with Gasteiger partial charge in [-0.3, -0.25) is 0 Å². The van der Waals surface area contributed by atoms with E-state index >= 15 is 0 Å². The number of hydrogen-bond donors (Lipinski definition) is 1. The monoisotopic (exact) mass is 283 g/mol. The maximum atomic E-state index is 13.1. The van der Waals surface area contributed by atoms with Gasteiger partial charge in [-0.15, -0.1) is 0 Å². The molecule has 4 nitrogen and oxygen atoms in total. The first-order chi connectivity index (χ1) is 10.1. The Hall–Kier alpha value is -2.69. The summed E-state index contributed by atoms with van der Waals surface area (Å²) in [6.07, 6.45) is 0.472. The van der Waals surface area contributed by atoms with E-state index in [9.17, 15) is 4.39 Å². The highest BCUT2D eigenvalue weighted by Crippen LogP contribution is 2.22. The van der Waals surface area contributed by atoms with Gasteiger partial charge in [-0.05, 0) is 42.3 Å². The van der Waals surface area contributed by atoms with Crippen molar-refractivity contribution in [3.63, 3.8) is 0 Å². The van der Waals surface area contributed by atoms with Crippen molar-refractivity contribution in [1.82, 2.24) is 10.1 Å². The first-order valence-corrected chi connectivity index (χ1v) is 6.56. The van der Waals surface area contributed by atoms with E-state index in [4.69, 9.17) is 10.3 Å². The van der Waals surface area contributed by atoms with Gasteiger partial charge in [0.2, 0.25) is 11.7 Å². The average Bonchev–Trinajstić information content (AvgIpc) is 2.90. The molecule has 2 N–H and O–H groups in total. The summed E-state index contributed by atoms with van der Waals surface area (Å²) in [7, 11) is 0. The molecule has 0 aliphatic rings. The summed E-state index contributed by atoms with van der Waals surface area (Å²) in [4.78, 5) is 4.35. The molecule has 1 aromatic heterocycles. The van der Waals surface area contributed by atoms with Crippen LogP contribution in [0.25, 0.3) is 11.4 Å². The van der Waals surface area contributed by atoms with Crippen molar-refractivity contribution in [3.05, 3.63) is 65.3 Å². The molecule has 21 heavy (non-hydrogen) atoms. The SMILES string of the molecule is Cc1cc(F)ccc1-c1noc(Cc2ccccc2N)n1. The number of aryl methyl sites for hydroxylation is 1. The number of rotatable bonds is 3. The molecular formula is C16H14FN3O. The molecule has 0 aliphatic carbocycles. The zero-order chi connectivity index (χ0) is 14.8. The first kappa shape index (κ1) is 13.3. The topological polar surface area (TPSA) is 64.9 Å². The van der Waals surface area contributed by atoms with Gasteiger partial charge >= 0.3 is 0 Å². The Morgan fingerprint density at radius 2 is 2.00 bits per heavy atom. The lowest BCUT2D eigenvalue weighted by Gasteiger charge is -2.01. The summed E-state index contributed by atoms with van der Waals surface area (Å²) in [5, 5.41) is 3.95. The Labute approximate surface area is 121 Å². The third-order valence-electron chi connectivity index (χ3n) is 3.29. The van der Waals surface area contributed by atoms with Gasteiger partial charge in [0.25, 0.3) is 0 Å². The Morgan fingerprint density at radius 1 is 1.19 bits per heavy atom. The molecule has 0 atom stereocenters. The summed E-state index contributed by atoms with van der Waals surface area (Å²) in [5.41, 5.74) is 9.04. The Bertz CT molecular complexity index is 783. The van der Waals surface area contributed by atoms with Crippen LogP contribution in [0.15, 0.2) is 47.0 Å². The van der Waals surface area contributed by atoms with Crippen molar-refractivity contribution in [2.45, 2.75) is 13.3 Å². The summed E-state index contributed by atoms with van der Waals surface area (Å²) in [5.74, 6) is 0.653. The van der Waals surface area contributed by atoms with Crippen LogP contribution in [0.4, 0.5) is 10.1 Å². The fraction of sp³-hybridized carbons (Fsp3) is 0.125. The number of benzene rings is 2. The van der Waals surface area contributed by atoms with E-state index in [1.54, 1.807) is 6.07 Å². The molecule has 0 saturated heterocycles. The third kappa shape index (κ3) is 2.76. The van der Waals surface area contributed by atoms with Gasteiger partial charge in [-0.2, -0.15) is 4.98 Å². The van der Waals surface area contributed by atoms with E-state index in [-0.39, 0.29) is 5.82 Å². The number of anilines is 1. The molecule has 0 spiro atoms. The summed E-state index contributed by atoms with van der Waals surface area (Å²) in [6.45, 7) is 1.81. The van der Waals surface area contributed by atoms with E-state index in [1.165, 1.54) is 12.1 Å². The van der Waals surface area contributed by atoms with Gasteiger partial charge < -0.3 is 10.3 Å². The quantitative estimate of drug-likeness (QED) is 0.748. The number of para-hydroxylation sites is 1. The molecule has 1 heterocycles. The van der Waals surface area contributed by atoms with Gasteiger partial charge in [-0.25, -0.2) is 4.39 Å². The van der Waals surface area contributed by atoms with Gasteiger partial charge in [0.1, 0.15) is 5.82 Å². The molecule has 106 valence electrons. The predicted molar refractivity (Wildman–Crippen MR) is 78.1 cm³/mol. The normalized spacial score (nSPS) is 10.8. The fourth-order valence-electron chi connectivity index (χ4n) is 2.17. The third-order valence-corrected chi connectivity index (χ3v) is 3.29. The lowest BCUT2D eigenvalue weighted by atomic mass is 10.1. The van der Waals surface area contributed by atoms with Crippen molar-refractivity contribution in [1.29, 1.82) is 0 Å². The Kier molecular flexibility index (Phi) is 3.39. The van der Waals surface area contributed by atoms with Gasteiger partial charge in [0.15, 0.2) is 0 Å². The summed E-state index contributed by atoms with van der Waals surface area (Å²) < 4.78 is 18.4. The molecule has 0 amide bonds. The molecule has 2 aromatic carbocycles.